The maximum Gasteiger partial charge on any atom is 0.228 e. The molecule has 1 aromatic heterocycles. The third-order valence-corrected chi connectivity index (χ3v) is 8.30. The maximum atomic E-state index is 16.5. The van der Waals surface area contributed by atoms with Gasteiger partial charge in [-0.25, -0.2) is 9.37 Å². The van der Waals surface area contributed by atoms with Crippen molar-refractivity contribution >= 4 is 33.4 Å². The summed E-state index contributed by atoms with van der Waals surface area (Å²) in [7, 11) is 4.16. The van der Waals surface area contributed by atoms with Crippen molar-refractivity contribution in [1.82, 2.24) is 20.2 Å². The summed E-state index contributed by atoms with van der Waals surface area (Å²) in [5, 5.41) is 16.6. The van der Waals surface area contributed by atoms with Gasteiger partial charge in [0, 0.05) is 55.3 Å². The molecular formula is C29H31FN6O. The molecule has 3 fully saturated rings. The molecule has 3 aliphatic rings. The fourth-order valence-electron chi connectivity index (χ4n) is 6.16. The Morgan fingerprint density at radius 2 is 1.65 bits per heavy atom. The van der Waals surface area contributed by atoms with Crippen molar-refractivity contribution in [2.75, 3.05) is 50.1 Å². The SMILES string of the molecule is CN(C)C1CN(c2nc(N3C[C@H]4CC[C@@H](C3)N4)c3ccc(-c4cc(O)cc5ccccc45)c(F)c3n2)C1. The van der Waals surface area contributed by atoms with Crippen LogP contribution in [0.25, 0.3) is 32.8 Å². The fourth-order valence-corrected chi connectivity index (χ4v) is 6.16. The van der Waals surface area contributed by atoms with E-state index in [4.69, 9.17) is 9.97 Å². The Bertz CT molecular complexity index is 1510. The number of hydrogen-bond acceptors (Lipinski definition) is 7. The van der Waals surface area contributed by atoms with Crippen LogP contribution in [0.15, 0.2) is 48.5 Å². The van der Waals surface area contributed by atoms with Gasteiger partial charge in [0.15, 0.2) is 5.82 Å². The summed E-state index contributed by atoms with van der Waals surface area (Å²) in [6.07, 6.45) is 2.33. The Morgan fingerprint density at radius 3 is 2.41 bits per heavy atom. The van der Waals surface area contributed by atoms with Gasteiger partial charge in [-0.15, -0.1) is 0 Å². The normalized spacial score (nSPS) is 21.8. The number of phenols is 1. The van der Waals surface area contributed by atoms with E-state index in [0.717, 1.165) is 61.0 Å². The minimum absolute atomic E-state index is 0.115. The van der Waals surface area contributed by atoms with Gasteiger partial charge in [-0.2, -0.15) is 4.98 Å². The Labute approximate surface area is 215 Å². The number of aromatic hydroxyl groups is 1. The van der Waals surface area contributed by atoms with Crippen LogP contribution in [0.2, 0.25) is 0 Å². The molecule has 7 nitrogen and oxygen atoms in total. The number of aromatic nitrogens is 2. The molecule has 2 bridgehead atoms. The molecule has 2 atom stereocenters. The van der Waals surface area contributed by atoms with Crippen LogP contribution in [0.1, 0.15) is 12.8 Å². The summed E-state index contributed by atoms with van der Waals surface area (Å²) in [6.45, 7) is 3.37. The van der Waals surface area contributed by atoms with Crippen LogP contribution in [0, 0.1) is 5.82 Å². The molecule has 7 rings (SSSR count). The summed E-state index contributed by atoms with van der Waals surface area (Å²) < 4.78 is 16.5. The number of rotatable bonds is 4. The molecule has 3 aliphatic heterocycles. The average Bonchev–Trinajstić information content (AvgIpc) is 3.19. The van der Waals surface area contributed by atoms with E-state index in [0.29, 0.717) is 40.7 Å². The van der Waals surface area contributed by atoms with Crippen molar-refractivity contribution in [3.05, 3.63) is 54.3 Å². The molecule has 0 spiro atoms. The van der Waals surface area contributed by atoms with Crippen LogP contribution in [0.3, 0.4) is 0 Å². The van der Waals surface area contributed by atoms with Gasteiger partial charge >= 0.3 is 0 Å². The number of nitrogens with one attached hydrogen (secondary N) is 1. The quantitative estimate of drug-likeness (QED) is 0.441. The van der Waals surface area contributed by atoms with Crippen molar-refractivity contribution in [3.63, 3.8) is 0 Å². The first-order valence-electron chi connectivity index (χ1n) is 13.1. The lowest BCUT2D eigenvalue weighted by Crippen LogP contribution is -2.58. The number of likely N-dealkylation sites (N-methyl/N-ethyl adjacent to an activating group) is 1. The zero-order valence-corrected chi connectivity index (χ0v) is 21.2. The van der Waals surface area contributed by atoms with Crippen LogP contribution in [-0.2, 0) is 0 Å². The van der Waals surface area contributed by atoms with Gasteiger partial charge in [0.1, 0.15) is 17.1 Å². The first-order chi connectivity index (χ1) is 17.9. The van der Waals surface area contributed by atoms with Gasteiger partial charge in [-0.05, 0) is 61.5 Å². The van der Waals surface area contributed by atoms with Gasteiger partial charge in [-0.1, -0.05) is 30.3 Å². The second-order valence-corrected chi connectivity index (χ2v) is 11.0. The summed E-state index contributed by atoms with van der Waals surface area (Å²) in [5.41, 5.74) is 1.43. The second kappa shape index (κ2) is 8.53. The second-order valence-electron chi connectivity index (χ2n) is 11.0. The smallest absolute Gasteiger partial charge is 0.228 e. The summed E-state index contributed by atoms with van der Waals surface area (Å²) in [6, 6.07) is 16.2. The highest BCUT2D eigenvalue weighted by Gasteiger charge is 2.35. The van der Waals surface area contributed by atoms with E-state index in [1.54, 1.807) is 12.1 Å². The summed E-state index contributed by atoms with van der Waals surface area (Å²) in [5.74, 6) is 1.14. The average molecular weight is 499 g/mol. The molecule has 3 aromatic carbocycles. The van der Waals surface area contributed by atoms with Crippen molar-refractivity contribution in [3.8, 4) is 16.9 Å². The molecule has 0 aliphatic carbocycles. The van der Waals surface area contributed by atoms with E-state index in [9.17, 15) is 5.11 Å². The molecule has 0 radical (unpaired) electrons. The van der Waals surface area contributed by atoms with Gasteiger partial charge < -0.3 is 25.1 Å². The standard InChI is InChI=1S/C29H31FN6O/c1-34(2)20-15-36(16-20)29-32-27-24(28(33-29)35-13-18-7-8-19(14-35)31-18)10-9-23(26(27)30)25-12-21(37)11-17-5-3-4-6-22(17)25/h3-6,9-12,18-20,31,37H,7-8,13-16H2,1-2H3/t18-,19+. The van der Waals surface area contributed by atoms with Crippen LogP contribution in [0.5, 0.6) is 5.75 Å². The molecule has 3 saturated heterocycles. The Balaban J connectivity index is 1.39. The van der Waals surface area contributed by atoms with Crippen LogP contribution in [-0.4, -0.2) is 78.4 Å². The van der Waals surface area contributed by atoms with Gasteiger partial charge in [-0.3, -0.25) is 0 Å². The van der Waals surface area contributed by atoms with Gasteiger partial charge in [0.2, 0.25) is 5.95 Å². The number of phenolic OH excluding ortho intramolecular Hbond substituents is 1. The Morgan fingerprint density at radius 1 is 0.892 bits per heavy atom. The van der Waals surface area contributed by atoms with E-state index in [1.807, 2.05) is 36.4 Å². The monoisotopic (exact) mass is 498 g/mol. The minimum Gasteiger partial charge on any atom is -0.508 e. The molecule has 37 heavy (non-hydrogen) atoms. The number of fused-ring (bicyclic) bond motifs is 4. The zero-order valence-electron chi connectivity index (χ0n) is 21.2. The lowest BCUT2D eigenvalue weighted by atomic mass is 9.96. The van der Waals surface area contributed by atoms with Crippen LogP contribution in [0.4, 0.5) is 16.2 Å². The van der Waals surface area contributed by atoms with E-state index >= 15 is 4.39 Å². The number of anilines is 2. The maximum absolute atomic E-state index is 16.5. The van der Waals surface area contributed by atoms with E-state index in [-0.39, 0.29) is 11.6 Å². The number of hydrogen-bond donors (Lipinski definition) is 2. The van der Waals surface area contributed by atoms with E-state index in [2.05, 4.69) is 34.1 Å². The Hall–Kier alpha value is -3.49. The topological polar surface area (TPSA) is 67.8 Å². The van der Waals surface area contributed by atoms with Crippen molar-refractivity contribution in [2.45, 2.75) is 31.0 Å². The lowest BCUT2D eigenvalue weighted by Gasteiger charge is -2.43. The number of halogens is 1. The van der Waals surface area contributed by atoms with E-state index < -0.39 is 0 Å². The molecule has 4 heterocycles. The molecule has 0 unspecified atom stereocenters. The van der Waals surface area contributed by atoms with Crippen molar-refractivity contribution in [1.29, 1.82) is 0 Å². The van der Waals surface area contributed by atoms with Crippen molar-refractivity contribution < 1.29 is 9.50 Å². The molecule has 2 N–H and O–H groups in total. The zero-order chi connectivity index (χ0) is 25.3. The molecule has 0 amide bonds. The molecule has 0 saturated carbocycles. The van der Waals surface area contributed by atoms with E-state index in [1.165, 1.54) is 0 Å². The molecule has 190 valence electrons. The predicted octanol–water partition coefficient (Wildman–Crippen LogP) is 3.99. The number of piperazine rings is 1. The number of benzene rings is 3. The highest BCUT2D eigenvalue weighted by atomic mass is 19.1. The van der Waals surface area contributed by atoms with Gasteiger partial charge in [0.25, 0.3) is 0 Å². The van der Waals surface area contributed by atoms with Crippen LogP contribution < -0.4 is 15.1 Å². The third-order valence-electron chi connectivity index (χ3n) is 8.30. The number of nitrogens with zero attached hydrogens (tertiary/aromatic N) is 5. The highest BCUT2D eigenvalue weighted by molar-refractivity contribution is 6.01. The third kappa shape index (κ3) is 3.78. The Kier molecular flexibility index (Phi) is 5.23. The minimum atomic E-state index is -0.374. The molecule has 4 aromatic rings. The van der Waals surface area contributed by atoms with Crippen LogP contribution >= 0.6 is 0 Å². The van der Waals surface area contributed by atoms with Gasteiger partial charge in [0.05, 0.1) is 0 Å². The van der Waals surface area contributed by atoms with Crippen molar-refractivity contribution in [2.24, 2.45) is 0 Å². The summed E-state index contributed by atoms with van der Waals surface area (Å²) >= 11 is 0. The predicted molar refractivity (Wildman–Crippen MR) is 146 cm³/mol. The fraction of sp³-hybridized carbons (Fsp3) is 0.379. The molecule has 8 heteroatoms. The summed E-state index contributed by atoms with van der Waals surface area (Å²) in [4.78, 5) is 16.5. The first-order valence-corrected chi connectivity index (χ1v) is 13.1. The largest absolute Gasteiger partial charge is 0.508 e. The first kappa shape index (κ1) is 22.7. The molecular weight excluding hydrogens is 467 g/mol. The lowest BCUT2D eigenvalue weighted by molar-refractivity contribution is 0.245. The highest BCUT2D eigenvalue weighted by Crippen LogP contribution is 2.39.